The van der Waals surface area contributed by atoms with Crippen molar-refractivity contribution < 1.29 is 4.79 Å². The lowest BCUT2D eigenvalue weighted by Gasteiger charge is -2.17. The van der Waals surface area contributed by atoms with E-state index < -0.39 is 0 Å². The Morgan fingerprint density at radius 3 is 3.04 bits per heavy atom. The molecule has 3 heterocycles. The zero-order chi connectivity index (χ0) is 17.4. The molecule has 6 heteroatoms. The minimum atomic E-state index is -0.160. The first kappa shape index (κ1) is 15.6. The molecule has 2 aromatic heterocycles. The molecule has 25 heavy (non-hydrogen) atoms. The second-order valence-corrected chi connectivity index (χ2v) is 6.62. The van der Waals surface area contributed by atoms with Crippen LogP contribution in [0.15, 0.2) is 47.4 Å². The summed E-state index contributed by atoms with van der Waals surface area (Å²) >= 11 is 0. The van der Waals surface area contributed by atoms with Gasteiger partial charge >= 0.3 is 5.69 Å². The third-order valence-corrected chi connectivity index (χ3v) is 4.79. The number of benzene rings is 1. The highest BCUT2D eigenvalue weighted by molar-refractivity contribution is 5.79. The number of H-pyrrole nitrogens is 1. The molecule has 1 fully saturated rings. The van der Waals surface area contributed by atoms with Crippen molar-refractivity contribution in [3.05, 3.63) is 64.2 Å². The highest BCUT2D eigenvalue weighted by Gasteiger charge is 2.29. The van der Waals surface area contributed by atoms with Crippen molar-refractivity contribution in [3.63, 3.8) is 0 Å². The molecule has 0 saturated carbocycles. The SMILES string of the molecule is Cc1cccc(CC(=O)N2CC[C@@H](n3c(=O)[nH]c4cccnc43)C2)c1. The smallest absolute Gasteiger partial charge is 0.327 e. The Labute approximate surface area is 145 Å². The standard InChI is InChI=1S/C19H20N4O2/c1-13-4-2-5-14(10-13)11-17(24)22-9-7-15(12-22)23-18-16(21-19(23)25)6-3-8-20-18/h2-6,8,10,15H,7,9,11-12H2,1H3,(H,21,25)/t15-/m1/s1. The number of imidazole rings is 1. The largest absolute Gasteiger partial charge is 0.340 e. The van der Waals surface area contributed by atoms with Gasteiger partial charge in [-0.25, -0.2) is 9.78 Å². The van der Waals surface area contributed by atoms with Crippen LogP contribution < -0.4 is 5.69 Å². The lowest BCUT2D eigenvalue weighted by atomic mass is 10.1. The third kappa shape index (κ3) is 2.95. The molecule has 0 aliphatic carbocycles. The zero-order valence-corrected chi connectivity index (χ0v) is 14.1. The number of aromatic amines is 1. The van der Waals surface area contributed by atoms with E-state index in [1.54, 1.807) is 16.8 Å². The highest BCUT2D eigenvalue weighted by atomic mass is 16.2. The van der Waals surface area contributed by atoms with Crippen LogP contribution >= 0.6 is 0 Å². The van der Waals surface area contributed by atoms with Crippen LogP contribution in [0.4, 0.5) is 0 Å². The van der Waals surface area contributed by atoms with Crippen LogP contribution in [-0.4, -0.2) is 38.4 Å². The van der Waals surface area contributed by atoms with Gasteiger partial charge in [-0.1, -0.05) is 29.8 Å². The van der Waals surface area contributed by atoms with Gasteiger partial charge in [0.2, 0.25) is 5.91 Å². The normalized spacial score (nSPS) is 17.3. The average molecular weight is 336 g/mol. The van der Waals surface area contributed by atoms with Crippen molar-refractivity contribution in [3.8, 4) is 0 Å². The Morgan fingerprint density at radius 1 is 1.32 bits per heavy atom. The number of carbonyl (C=O) groups excluding carboxylic acids is 1. The second kappa shape index (κ2) is 6.20. The molecular weight excluding hydrogens is 316 g/mol. The van der Waals surface area contributed by atoms with Gasteiger partial charge in [-0.3, -0.25) is 9.36 Å². The molecule has 1 aliphatic rings. The molecule has 1 N–H and O–H groups in total. The van der Waals surface area contributed by atoms with Gasteiger partial charge in [-0.2, -0.15) is 0 Å². The molecule has 1 saturated heterocycles. The maximum Gasteiger partial charge on any atom is 0.327 e. The molecule has 1 aromatic carbocycles. The highest BCUT2D eigenvalue weighted by Crippen LogP contribution is 2.23. The minimum Gasteiger partial charge on any atom is -0.340 e. The molecule has 128 valence electrons. The summed E-state index contributed by atoms with van der Waals surface area (Å²) in [6.07, 6.45) is 2.85. The number of carbonyl (C=O) groups is 1. The summed E-state index contributed by atoms with van der Waals surface area (Å²) in [7, 11) is 0. The molecule has 1 aliphatic heterocycles. The number of hydrogen-bond acceptors (Lipinski definition) is 3. The number of nitrogens with zero attached hydrogens (tertiary/aromatic N) is 3. The van der Waals surface area contributed by atoms with E-state index in [0.29, 0.717) is 25.2 Å². The summed E-state index contributed by atoms with van der Waals surface area (Å²) in [5.41, 5.74) is 3.41. The molecule has 0 spiro atoms. The van der Waals surface area contributed by atoms with Gasteiger partial charge in [0.25, 0.3) is 0 Å². The number of pyridine rings is 1. The maximum atomic E-state index is 12.6. The van der Waals surface area contributed by atoms with E-state index in [1.165, 1.54) is 0 Å². The zero-order valence-electron chi connectivity index (χ0n) is 14.1. The first-order valence-corrected chi connectivity index (χ1v) is 8.50. The van der Waals surface area contributed by atoms with Gasteiger partial charge in [0.05, 0.1) is 18.0 Å². The molecule has 4 rings (SSSR count). The van der Waals surface area contributed by atoms with E-state index in [4.69, 9.17) is 0 Å². The molecule has 1 atom stereocenters. The molecule has 1 amide bonds. The number of rotatable bonds is 3. The first-order chi connectivity index (χ1) is 12.1. The van der Waals surface area contributed by atoms with Crippen LogP contribution in [0.1, 0.15) is 23.6 Å². The molecule has 0 radical (unpaired) electrons. The fraction of sp³-hybridized carbons (Fsp3) is 0.316. The second-order valence-electron chi connectivity index (χ2n) is 6.62. The Balaban J connectivity index is 1.52. The van der Waals surface area contributed by atoms with Gasteiger partial charge in [0.1, 0.15) is 0 Å². The van der Waals surface area contributed by atoms with Crippen LogP contribution in [0, 0.1) is 6.92 Å². The van der Waals surface area contributed by atoms with E-state index in [-0.39, 0.29) is 17.6 Å². The van der Waals surface area contributed by atoms with Crippen molar-refractivity contribution in [2.45, 2.75) is 25.8 Å². The number of likely N-dealkylation sites (tertiary alicyclic amines) is 1. The van der Waals surface area contributed by atoms with E-state index in [0.717, 1.165) is 23.1 Å². The molecular formula is C19H20N4O2. The van der Waals surface area contributed by atoms with Gasteiger partial charge in [-0.15, -0.1) is 0 Å². The average Bonchev–Trinajstić information content (AvgIpc) is 3.18. The van der Waals surface area contributed by atoms with E-state index in [1.807, 2.05) is 42.2 Å². The summed E-state index contributed by atoms with van der Waals surface area (Å²) < 4.78 is 1.69. The van der Waals surface area contributed by atoms with E-state index in [2.05, 4.69) is 9.97 Å². The molecule has 3 aromatic rings. The monoisotopic (exact) mass is 336 g/mol. The Bertz CT molecular complexity index is 988. The Hall–Kier alpha value is -2.89. The van der Waals surface area contributed by atoms with Crippen LogP contribution in [0.5, 0.6) is 0 Å². The van der Waals surface area contributed by atoms with Crippen molar-refractivity contribution in [1.82, 2.24) is 19.4 Å². The predicted molar refractivity (Wildman–Crippen MR) is 95.5 cm³/mol. The summed E-state index contributed by atoms with van der Waals surface area (Å²) in [5, 5.41) is 0. The van der Waals surface area contributed by atoms with Gasteiger partial charge in [0, 0.05) is 19.3 Å². The fourth-order valence-corrected chi connectivity index (χ4v) is 3.58. The van der Waals surface area contributed by atoms with E-state index >= 15 is 0 Å². The summed E-state index contributed by atoms with van der Waals surface area (Å²) in [6, 6.07) is 11.6. The van der Waals surface area contributed by atoms with Crippen LogP contribution in [-0.2, 0) is 11.2 Å². The maximum absolute atomic E-state index is 12.6. The number of amides is 1. The topological polar surface area (TPSA) is 71.0 Å². The quantitative estimate of drug-likeness (QED) is 0.796. The third-order valence-electron chi connectivity index (χ3n) is 4.79. The van der Waals surface area contributed by atoms with Crippen LogP contribution in [0.3, 0.4) is 0 Å². The van der Waals surface area contributed by atoms with Crippen molar-refractivity contribution in [2.24, 2.45) is 0 Å². The Kier molecular flexibility index (Phi) is 3.87. The number of aryl methyl sites for hydroxylation is 1. The van der Waals surface area contributed by atoms with Crippen molar-refractivity contribution in [2.75, 3.05) is 13.1 Å². The first-order valence-electron chi connectivity index (χ1n) is 8.50. The summed E-state index contributed by atoms with van der Waals surface area (Å²) in [4.78, 5) is 33.9. The van der Waals surface area contributed by atoms with Crippen molar-refractivity contribution >= 4 is 17.1 Å². The minimum absolute atomic E-state index is 0.0300. The molecule has 6 nitrogen and oxygen atoms in total. The van der Waals surface area contributed by atoms with Gasteiger partial charge in [-0.05, 0) is 31.0 Å². The lowest BCUT2D eigenvalue weighted by molar-refractivity contribution is -0.129. The summed E-state index contributed by atoms with van der Waals surface area (Å²) in [5.74, 6) is 0.106. The van der Waals surface area contributed by atoms with Gasteiger partial charge < -0.3 is 9.88 Å². The predicted octanol–water partition coefficient (Wildman–Crippen LogP) is 2.05. The van der Waals surface area contributed by atoms with Crippen LogP contribution in [0.2, 0.25) is 0 Å². The van der Waals surface area contributed by atoms with Crippen LogP contribution in [0.25, 0.3) is 11.2 Å². The number of aromatic nitrogens is 3. The number of nitrogens with one attached hydrogen (secondary N) is 1. The Morgan fingerprint density at radius 2 is 2.20 bits per heavy atom. The number of hydrogen-bond donors (Lipinski definition) is 1. The lowest BCUT2D eigenvalue weighted by Crippen LogP contribution is -2.32. The number of fused-ring (bicyclic) bond motifs is 1. The fourth-order valence-electron chi connectivity index (χ4n) is 3.58. The molecule has 0 bridgehead atoms. The summed E-state index contributed by atoms with van der Waals surface area (Å²) in [6.45, 7) is 3.24. The van der Waals surface area contributed by atoms with Crippen molar-refractivity contribution in [1.29, 1.82) is 0 Å². The molecule has 0 unspecified atom stereocenters. The van der Waals surface area contributed by atoms with Gasteiger partial charge in [0.15, 0.2) is 5.65 Å². The van der Waals surface area contributed by atoms with E-state index in [9.17, 15) is 9.59 Å².